The lowest BCUT2D eigenvalue weighted by molar-refractivity contribution is 0.559. The van der Waals surface area contributed by atoms with E-state index in [1.54, 1.807) is 6.07 Å². The molecule has 15 heavy (non-hydrogen) atoms. The summed E-state index contributed by atoms with van der Waals surface area (Å²) in [5, 5.41) is 3.60. The molecule has 0 aliphatic rings. The van der Waals surface area contributed by atoms with E-state index < -0.39 is 8.32 Å². The largest absolute Gasteiger partial charge is 0.544 e. The van der Waals surface area contributed by atoms with E-state index in [-0.39, 0.29) is 0 Å². The SMILES string of the molecule is C[Si](C)(C)Oc1ccc(Br)cc1N=[N+]=[N-]. The highest BCUT2D eigenvalue weighted by Gasteiger charge is 2.17. The minimum Gasteiger partial charge on any atom is -0.544 e. The number of benzene rings is 1. The van der Waals surface area contributed by atoms with Gasteiger partial charge in [-0.25, -0.2) is 0 Å². The van der Waals surface area contributed by atoms with E-state index in [1.807, 2.05) is 12.1 Å². The second-order valence-corrected chi connectivity index (χ2v) is 9.36. The molecule has 1 rings (SSSR count). The maximum atomic E-state index is 8.43. The maximum absolute atomic E-state index is 8.43. The van der Waals surface area contributed by atoms with E-state index in [0.29, 0.717) is 11.4 Å². The summed E-state index contributed by atoms with van der Waals surface area (Å²) in [6.45, 7) is 6.23. The number of hydrogen-bond donors (Lipinski definition) is 0. The van der Waals surface area contributed by atoms with Crippen molar-refractivity contribution in [1.82, 2.24) is 0 Å². The monoisotopic (exact) mass is 285 g/mol. The molecule has 0 saturated carbocycles. The van der Waals surface area contributed by atoms with Gasteiger partial charge >= 0.3 is 0 Å². The van der Waals surface area contributed by atoms with Crippen LogP contribution in [0.4, 0.5) is 5.69 Å². The van der Waals surface area contributed by atoms with Crippen LogP contribution in [0.25, 0.3) is 10.4 Å². The first-order chi connectivity index (χ1) is 6.92. The number of azide groups is 1. The van der Waals surface area contributed by atoms with Crippen molar-refractivity contribution in [3.8, 4) is 5.75 Å². The quantitative estimate of drug-likeness (QED) is 0.346. The third-order valence-electron chi connectivity index (χ3n) is 1.49. The summed E-state index contributed by atoms with van der Waals surface area (Å²) in [5.41, 5.74) is 8.95. The Morgan fingerprint density at radius 3 is 2.60 bits per heavy atom. The average molecular weight is 286 g/mol. The van der Waals surface area contributed by atoms with Gasteiger partial charge in [-0.1, -0.05) is 21.0 Å². The van der Waals surface area contributed by atoms with Crippen molar-refractivity contribution in [2.75, 3.05) is 0 Å². The van der Waals surface area contributed by atoms with Crippen molar-refractivity contribution >= 4 is 29.9 Å². The zero-order chi connectivity index (χ0) is 11.5. The zero-order valence-corrected chi connectivity index (χ0v) is 11.4. The lowest BCUT2D eigenvalue weighted by Crippen LogP contribution is -2.29. The van der Waals surface area contributed by atoms with Gasteiger partial charge in [0.2, 0.25) is 8.32 Å². The second-order valence-electron chi connectivity index (χ2n) is 4.02. The molecule has 0 atom stereocenters. The highest BCUT2D eigenvalue weighted by Crippen LogP contribution is 2.32. The van der Waals surface area contributed by atoms with Crippen molar-refractivity contribution in [3.05, 3.63) is 33.1 Å². The third-order valence-corrected chi connectivity index (χ3v) is 2.82. The molecule has 0 radical (unpaired) electrons. The van der Waals surface area contributed by atoms with Crippen LogP contribution in [0.5, 0.6) is 5.75 Å². The molecule has 80 valence electrons. The van der Waals surface area contributed by atoms with Crippen molar-refractivity contribution < 1.29 is 4.43 Å². The van der Waals surface area contributed by atoms with E-state index in [4.69, 9.17) is 9.96 Å². The highest BCUT2D eigenvalue weighted by atomic mass is 79.9. The molecule has 0 heterocycles. The first-order valence-electron chi connectivity index (χ1n) is 4.46. The number of halogens is 1. The van der Waals surface area contributed by atoms with E-state index in [1.165, 1.54) is 0 Å². The molecule has 6 heteroatoms. The minimum atomic E-state index is -1.67. The summed E-state index contributed by atoms with van der Waals surface area (Å²) in [6.07, 6.45) is 0. The molecule has 0 aliphatic carbocycles. The lowest BCUT2D eigenvalue weighted by Gasteiger charge is -2.20. The van der Waals surface area contributed by atoms with Crippen molar-refractivity contribution in [2.24, 2.45) is 5.11 Å². The highest BCUT2D eigenvalue weighted by molar-refractivity contribution is 9.10. The van der Waals surface area contributed by atoms with Crippen molar-refractivity contribution in [1.29, 1.82) is 0 Å². The molecule has 4 nitrogen and oxygen atoms in total. The molecule has 0 bridgehead atoms. The van der Waals surface area contributed by atoms with Gasteiger partial charge in [0.15, 0.2) is 0 Å². The fourth-order valence-electron chi connectivity index (χ4n) is 1.03. The molecule has 1 aromatic carbocycles. The Balaban J connectivity index is 3.11. The topological polar surface area (TPSA) is 58.0 Å². The summed E-state index contributed by atoms with van der Waals surface area (Å²) in [7, 11) is -1.67. The van der Waals surface area contributed by atoms with Gasteiger partial charge in [-0.15, -0.1) is 0 Å². The van der Waals surface area contributed by atoms with Crippen LogP contribution in [0.2, 0.25) is 19.6 Å². The van der Waals surface area contributed by atoms with Gasteiger partial charge in [-0.3, -0.25) is 0 Å². The van der Waals surface area contributed by atoms with E-state index >= 15 is 0 Å². The van der Waals surface area contributed by atoms with Crippen molar-refractivity contribution in [2.45, 2.75) is 19.6 Å². The fraction of sp³-hybridized carbons (Fsp3) is 0.333. The molecule has 0 N–H and O–H groups in total. The van der Waals surface area contributed by atoms with Crippen LogP contribution in [0.1, 0.15) is 0 Å². The van der Waals surface area contributed by atoms with Gasteiger partial charge in [0.05, 0.1) is 5.69 Å². The summed E-state index contributed by atoms with van der Waals surface area (Å²) in [6, 6.07) is 5.42. The van der Waals surface area contributed by atoms with E-state index in [2.05, 4.69) is 45.6 Å². The van der Waals surface area contributed by atoms with Crippen LogP contribution in [-0.4, -0.2) is 8.32 Å². The van der Waals surface area contributed by atoms with Crippen LogP contribution < -0.4 is 4.43 Å². The third kappa shape index (κ3) is 3.95. The smallest absolute Gasteiger partial charge is 0.242 e. The zero-order valence-electron chi connectivity index (χ0n) is 8.86. The standard InChI is InChI=1S/C9H12BrN3OSi/c1-15(2,3)14-9-5-4-7(10)6-8(9)12-13-11/h4-6H,1-3H3. The fourth-order valence-corrected chi connectivity index (χ4v) is 2.21. The summed E-state index contributed by atoms with van der Waals surface area (Å²) >= 11 is 3.32. The number of hydrogen-bond acceptors (Lipinski definition) is 2. The molecule has 0 spiro atoms. The average Bonchev–Trinajstić information content (AvgIpc) is 2.08. The Labute approximate surface area is 98.1 Å². The first kappa shape index (κ1) is 12.1. The molecular weight excluding hydrogens is 274 g/mol. The lowest BCUT2D eigenvalue weighted by atomic mass is 10.3. The molecule has 1 aromatic rings. The second kappa shape index (κ2) is 4.70. The van der Waals surface area contributed by atoms with Crippen LogP contribution in [0, 0.1) is 0 Å². The van der Waals surface area contributed by atoms with Gasteiger partial charge in [-0.05, 0) is 43.4 Å². The van der Waals surface area contributed by atoms with E-state index in [9.17, 15) is 0 Å². The summed E-state index contributed by atoms with van der Waals surface area (Å²) in [5.74, 6) is 0.648. The number of rotatable bonds is 3. The van der Waals surface area contributed by atoms with Gasteiger partial charge in [0, 0.05) is 9.38 Å². The predicted octanol–water partition coefficient (Wildman–Crippen LogP) is 4.60. The number of nitrogens with zero attached hydrogens (tertiary/aromatic N) is 3. The van der Waals surface area contributed by atoms with Crippen LogP contribution in [0.3, 0.4) is 0 Å². The molecule has 0 amide bonds. The molecular formula is C9H12BrN3OSi. The van der Waals surface area contributed by atoms with Crippen LogP contribution >= 0.6 is 15.9 Å². The molecule has 0 fully saturated rings. The Hall–Kier alpha value is -0.973. The molecule has 0 unspecified atom stereocenters. The van der Waals surface area contributed by atoms with E-state index in [0.717, 1.165) is 4.47 Å². The van der Waals surface area contributed by atoms with Gasteiger partial charge < -0.3 is 4.43 Å². The Morgan fingerprint density at radius 2 is 2.07 bits per heavy atom. The molecule has 0 aromatic heterocycles. The van der Waals surface area contributed by atoms with Crippen LogP contribution in [-0.2, 0) is 0 Å². The predicted molar refractivity (Wildman–Crippen MR) is 66.9 cm³/mol. The Bertz CT molecular complexity index is 410. The van der Waals surface area contributed by atoms with Gasteiger partial charge in [0.25, 0.3) is 0 Å². The summed E-state index contributed by atoms with van der Waals surface area (Å²) < 4.78 is 6.66. The molecule has 0 aliphatic heterocycles. The normalized spacial score (nSPS) is 10.7. The first-order valence-corrected chi connectivity index (χ1v) is 8.66. The van der Waals surface area contributed by atoms with Gasteiger partial charge in [0.1, 0.15) is 5.75 Å². The van der Waals surface area contributed by atoms with Crippen molar-refractivity contribution in [3.63, 3.8) is 0 Å². The van der Waals surface area contributed by atoms with Gasteiger partial charge in [-0.2, -0.15) is 0 Å². The maximum Gasteiger partial charge on any atom is 0.242 e. The molecule has 0 saturated heterocycles. The Kier molecular flexibility index (Phi) is 3.79. The van der Waals surface area contributed by atoms with Crippen LogP contribution in [0.15, 0.2) is 27.8 Å². The minimum absolute atomic E-state index is 0.523. The summed E-state index contributed by atoms with van der Waals surface area (Å²) in [4.78, 5) is 2.78. The Morgan fingerprint density at radius 1 is 1.40 bits per heavy atom.